The van der Waals surface area contributed by atoms with E-state index in [-0.39, 0.29) is 18.1 Å². The lowest BCUT2D eigenvalue weighted by atomic mass is 10.3. The van der Waals surface area contributed by atoms with Crippen molar-refractivity contribution in [1.82, 2.24) is 9.88 Å². The van der Waals surface area contributed by atoms with Crippen LogP contribution in [0.2, 0.25) is 0 Å². The maximum atomic E-state index is 12.2. The summed E-state index contributed by atoms with van der Waals surface area (Å²) in [5.74, 6) is 0.449. The molecule has 1 amide bonds. The van der Waals surface area contributed by atoms with Crippen LogP contribution in [0.3, 0.4) is 0 Å². The molecule has 0 saturated carbocycles. The smallest absolute Gasteiger partial charge is 0.291 e. The lowest BCUT2D eigenvalue weighted by Crippen LogP contribution is -2.34. The van der Waals surface area contributed by atoms with Crippen LogP contribution in [0.15, 0.2) is 4.42 Å². The molecule has 1 aromatic rings. The number of nitrogens with zero attached hydrogens (tertiary/aromatic N) is 3. The summed E-state index contributed by atoms with van der Waals surface area (Å²) in [5, 5.41) is 8.60. The van der Waals surface area contributed by atoms with Gasteiger partial charge in [-0.05, 0) is 6.92 Å². The van der Waals surface area contributed by atoms with E-state index in [2.05, 4.69) is 4.98 Å². The fourth-order valence-corrected chi connectivity index (χ4v) is 1.57. The minimum absolute atomic E-state index is 0.238. The third-order valence-corrected chi connectivity index (χ3v) is 2.44. The molecule has 0 saturated heterocycles. The molecule has 0 bridgehead atoms. The molecular weight excluding hydrogens is 234 g/mol. The number of rotatable bonds is 6. The number of hydrogen-bond acceptors (Lipinski definition) is 5. The van der Waals surface area contributed by atoms with Crippen molar-refractivity contribution >= 4 is 5.91 Å². The van der Waals surface area contributed by atoms with Crippen molar-refractivity contribution < 1.29 is 13.9 Å². The molecule has 0 aliphatic rings. The molecule has 0 fully saturated rings. The van der Waals surface area contributed by atoms with Gasteiger partial charge in [0.25, 0.3) is 5.91 Å². The van der Waals surface area contributed by atoms with Crippen LogP contribution in [0.25, 0.3) is 0 Å². The normalized spacial score (nSPS) is 10.1. The fraction of sp³-hybridized carbons (Fsp3) is 0.583. The summed E-state index contributed by atoms with van der Waals surface area (Å²) in [7, 11) is 1.57. The standard InChI is InChI=1S/C12H17N3O3/c1-9-11(18-10(2)14-9)12(16)15(6-4-5-13)7-8-17-3/h4,6-8H2,1-3H3. The van der Waals surface area contributed by atoms with Gasteiger partial charge in [0, 0.05) is 27.1 Å². The van der Waals surface area contributed by atoms with E-state index < -0.39 is 0 Å². The molecular formula is C12H17N3O3. The zero-order chi connectivity index (χ0) is 13.5. The highest BCUT2D eigenvalue weighted by Gasteiger charge is 2.22. The molecule has 0 radical (unpaired) electrons. The van der Waals surface area contributed by atoms with Crippen LogP contribution in [0.1, 0.15) is 28.6 Å². The first-order valence-corrected chi connectivity index (χ1v) is 5.69. The second kappa shape index (κ2) is 6.77. The van der Waals surface area contributed by atoms with Crippen molar-refractivity contribution in [2.75, 3.05) is 26.8 Å². The molecule has 0 spiro atoms. The van der Waals surface area contributed by atoms with Gasteiger partial charge < -0.3 is 14.1 Å². The summed E-state index contributed by atoms with van der Waals surface area (Å²) >= 11 is 0. The van der Waals surface area contributed by atoms with Crippen molar-refractivity contribution in [2.45, 2.75) is 20.3 Å². The SMILES string of the molecule is COCCN(CCC#N)C(=O)c1oc(C)nc1C. The zero-order valence-corrected chi connectivity index (χ0v) is 10.9. The minimum atomic E-state index is -0.250. The van der Waals surface area contributed by atoms with Crippen LogP contribution in [-0.2, 0) is 4.74 Å². The number of carbonyl (C=O) groups excluding carboxylic acids is 1. The molecule has 1 heterocycles. The predicted octanol–water partition coefficient (Wildman–Crippen LogP) is 1.29. The second-order valence-electron chi connectivity index (χ2n) is 3.84. The van der Waals surface area contributed by atoms with Gasteiger partial charge in [0.15, 0.2) is 5.89 Å². The Morgan fingerprint density at radius 3 is 2.72 bits per heavy atom. The lowest BCUT2D eigenvalue weighted by Gasteiger charge is -2.19. The number of amides is 1. The summed E-state index contributed by atoms with van der Waals surface area (Å²) in [4.78, 5) is 17.8. The van der Waals surface area contributed by atoms with Crippen LogP contribution in [-0.4, -0.2) is 42.6 Å². The Bertz CT molecular complexity index is 448. The molecule has 1 aromatic heterocycles. The van der Waals surface area contributed by atoms with Crippen molar-refractivity contribution in [3.8, 4) is 6.07 Å². The topological polar surface area (TPSA) is 79.4 Å². The van der Waals surface area contributed by atoms with Crippen LogP contribution >= 0.6 is 0 Å². The molecule has 0 aromatic carbocycles. The molecule has 0 N–H and O–H groups in total. The largest absolute Gasteiger partial charge is 0.436 e. The molecule has 0 aliphatic heterocycles. The summed E-state index contributed by atoms with van der Waals surface area (Å²) in [6.07, 6.45) is 0.279. The van der Waals surface area contributed by atoms with E-state index in [1.54, 1.807) is 25.9 Å². The number of aryl methyl sites for hydroxylation is 2. The Morgan fingerprint density at radius 2 is 2.22 bits per heavy atom. The third-order valence-electron chi connectivity index (χ3n) is 2.44. The average Bonchev–Trinajstić information content (AvgIpc) is 2.68. The van der Waals surface area contributed by atoms with Gasteiger partial charge in [-0.3, -0.25) is 4.79 Å². The molecule has 0 atom stereocenters. The van der Waals surface area contributed by atoms with E-state index in [4.69, 9.17) is 14.4 Å². The highest BCUT2D eigenvalue weighted by Crippen LogP contribution is 2.12. The van der Waals surface area contributed by atoms with Crippen molar-refractivity contribution in [3.05, 3.63) is 17.3 Å². The maximum absolute atomic E-state index is 12.2. The molecule has 98 valence electrons. The highest BCUT2D eigenvalue weighted by atomic mass is 16.5. The number of nitriles is 1. The van der Waals surface area contributed by atoms with Crippen molar-refractivity contribution in [3.63, 3.8) is 0 Å². The summed E-state index contributed by atoms with van der Waals surface area (Å²) in [5.41, 5.74) is 0.567. The van der Waals surface area contributed by atoms with E-state index in [0.717, 1.165) is 0 Å². The van der Waals surface area contributed by atoms with Crippen LogP contribution < -0.4 is 0 Å². The van der Waals surface area contributed by atoms with E-state index in [0.29, 0.717) is 31.3 Å². The number of oxazole rings is 1. The van der Waals surface area contributed by atoms with Gasteiger partial charge in [0.2, 0.25) is 5.76 Å². The Kier molecular flexibility index (Phi) is 5.33. The molecule has 6 nitrogen and oxygen atoms in total. The van der Waals surface area contributed by atoms with Crippen LogP contribution in [0.4, 0.5) is 0 Å². The minimum Gasteiger partial charge on any atom is -0.436 e. The van der Waals surface area contributed by atoms with E-state index in [1.165, 1.54) is 0 Å². The Labute approximate surface area is 106 Å². The first kappa shape index (κ1) is 14.2. The van der Waals surface area contributed by atoms with Crippen LogP contribution in [0.5, 0.6) is 0 Å². The first-order valence-electron chi connectivity index (χ1n) is 5.69. The predicted molar refractivity (Wildman–Crippen MR) is 64.0 cm³/mol. The van der Waals surface area contributed by atoms with Crippen LogP contribution in [0, 0.1) is 25.2 Å². The van der Waals surface area contributed by atoms with Gasteiger partial charge in [0.05, 0.1) is 24.8 Å². The van der Waals surface area contributed by atoms with E-state index >= 15 is 0 Å². The third kappa shape index (κ3) is 3.57. The summed E-state index contributed by atoms with van der Waals surface area (Å²) in [6.45, 7) is 4.62. The molecule has 1 rings (SSSR count). The monoisotopic (exact) mass is 251 g/mol. The van der Waals surface area contributed by atoms with Crippen molar-refractivity contribution in [2.24, 2.45) is 0 Å². The average molecular weight is 251 g/mol. The summed E-state index contributed by atoms with van der Waals surface area (Å²) < 4.78 is 10.2. The fourth-order valence-electron chi connectivity index (χ4n) is 1.57. The number of aromatic nitrogens is 1. The number of hydrogen-bond donors (Lipinski definition) is 0. The number of carbonyl (C=O) groups is 1. The quantitative estimate of drug-likeness (QED) is 0.761. The second-order valence-corrected chi connectivity index (χ2v) is 3.84. The number of methoxy groups -OCH3 is 1. The van der Waals surface area contributed by atoms with Gasteiger partial charge in [-0.1, -0.05) is 0 Å². The molecule has 18 heavy (non-hydrogen) atoms. The van der Waals surface area contributed by atoms with E-state index in [1.807, 2.05) is 6.07 Å². The molecule has 6 heteroatoms. The molecule has 0 unspecified atom stereocenters. The summed E-state index contributed by atoms with van der Waals surface area (Å²) in [6, 6.07) is 2.02. The first-order chi connectivity index (χ1) is 8.60. The Morgan fingerprint density at radius 1 is 1.50 bits per heavy atom. The van der Waals surface area contributed by atoms with Gasteiger partial charge in [-0.2, -0.15) is 5.26 Å². The number of ether oxygens (including phenoxy) is 1. The van der Waals surface area contributed by atoms with Gasteiger partial charge >= 0.3 is 0 Å². The van der Waals surface area contributed by atoms with Gasteiger partial charge in [-0.25, -0.2) is 4.98 Å². The maximum Gasteiger partial charge on any atom is 0.291 e. The zero-order valence-electron chi connectivity index (χ0n) is 10.9. The van der Waals surface area contributed by atoms with Crippen molar-refractivity contribution in [1.29, 1.82) is 5.26 Å². The lowest BCUT2D eigenvalue weighted by molar-refractivity contribution is 0.0666. The van der Waals surface area contributed by atoms with E-state index in [9.17, 15) is 4.79 Å². The van der Waals surface area contributed by atoms with Gasteiger partial charge in [0.1, 0.15) is 0 Å². The Balaban J connectivity index is 2.81. The molecule has 0 aliphatic carbocycles. The van der Waals surface area contributed by atoms with Gasteiger partial charge in [-0.15, -0.1) is 0 Å². The Hall–Kier alpha value is -1.87. The highest BCUT2D eigenvalue weighted by molar-refractivity contribution is 5.92.